The van der Waals surface area contributed by atoms with Crippen LogP contribution in [-0.4, -0.2) is 16.0 Å². The fourth-order valence-electron chi connectivity index (χ4n) is 2.52. The number of anilines is 1. The fraction of sp³-hybridized carbons (Fsp3) is 0.692. The number of rotatable bonds is 4. The van der Waals surface area contributed by atoms with E-state index in [-0.39, 0.29) is 0 Å². The number of nitrogens with zero attached hydrogens (tertiary/aromatic N) is 2. The molecule has 1 N–H and O–H groups in total. The normalized spacial score (nSPS) is 23.9. The highest BCUT2D eigenvalue weighted by Gasteiger charge is 2.22. The molecule has 0 aliphatic heterocycles. The Kier molecular flexibility index (Phi) is 4.21. The molecule has 1 aromatic rings. The van der Waals surface area contributed by atoms with Crippen LogP contribution in [0.3, 0.4) is 0 Å². The molecular weight excluding hydrogens is 234 g/mol. The number of halogens is 1. The van der Waals surface area contributed by atoms with E-state index < -0.39 is 0 Å². The molecule has 0 amide bonds. The van der Waals surface area contributed by atoms with Gasteiger partial charge in [0.15, 0.2) is 0 Å². The molecule has 1 aliphatic carbocycles. The molecule has 1 saturated carbocycles. The molecule has 2 rings (SSSR count). The van der Waals surface area contributed by atoms with Crippen LogP contribution in [0.15, 0.2) is 6.33 Å². The van der Waals surface area contributed by atoms with E-state index in [0.717, 1.165) is 30.1 Å². The molecule has 0 radical (unpaired) electrons. The molecule has 1 heterocycles. The Labute approximate surface area is 108 Å². The van der Waals surface area contributed by atoms with Crippen molar-refractivity contribution in [2.24, 2.45) is 5.92 Å². The number of hydrogen-bond donors (Lipinski definition) is 1. The lowest BCUT2D eigenvalue weighted by Gasteiger charge is -2.16. The standard InChI is InChI=1S/C13H20ClN3/c1-3-4-11-12(14)15-8-16-13(11)17-10-6-5-9(2)7-10/h8-10H,3-7H2,1-2H3,(H,15,16,17). The van der Waals surface area contributed by atoms with E-state index >= 15 is 0 Å². The van der Waals surface area contributed by atoms with Crippen LogP contribution < -0.4 is 5.32 Å². The van der Waals surface area contributed by atoms with E-state index in [1.165, 1.54) is 19.3 Å². The lowest BCUT2D eigenvalue weighted by Crippen LogP contribution is -2.18. The molecule has 2 unspecified atom stereocenters. The van der Waals surface area contributed by atoms with Crippen LogP contribution in [0, 0.1) is 5.92 Å². The van der Waals surface area contributed by atoms with Gasteiger partial charge in [-0.25, -0.2) is 9.97 Å². The molecule has 0 aromatic carbocycles. The Morgan fingerprint density at radius 1 is 1.41 bits per heavy atom. The van der Waals surface area contributed by atoms with Crippen molar-refractivity contribution in [2.45, 2.75) is 52.0 Å². The maximum Gasteiger partial charge on any atom is 0.137 e. The van der Waals surface area contributed by atoms with Gasteiger partial charge in [0, 0.05) is 11.6 Å². The quantitative estimate of drug-likeness (QED) is 0.832. The lowest BCUT2D eigenvalue weighted by molar-refractivity contribution is 0.602. The van der Waals surface area contributed by atoms with Crippen molar-refractivity contribution < 1.29 is 0 Å². The molecule has 4 heteroatoms. The Balaban J connectivity index is 2.11. The minimum Gasteiger partial charge on any atom is -0.367 e. The van der Waals surface area contributed by atoms with E-state index in [1.807, 2.05) is 0 Å². The third-order valence-electron chi connectivity index (χ3n) is 3.43. The summed E-state index contributed by atoms with van der Waals surface area (Å²) >= 11 is 6.13. The Bertz CT molecular complexity index is 381. The van der Waals surface area contributed by atoms with Gasteiger partial charge in [-0.05, 0) is 31.6 Å². The number of aromatic nitrogens is 2. The first-order chi connectivity index (χ1) is 8.20. The summed E-state index contributed by atoms with van der Waals surface area (Å²) in [6.45, 7) is 4.45. The Morgan fingerprint density at radius 2 is 2.24 bits per heavy atom. The van der Waals surface area contributed by atoms with Gasteiger partial charge in [0.2, 0.25) is 0 Å². The van der Waals surface area contributed by atoms with Crippen molar-refractivity contribution in [3.8, 4) is 0 Å². The fourth-order valence-corrected chi connectivity index (χ4v) is 2.75. The van der Waals surface area contributed by atoms with Crippen LogP contribution >= 0.6 is 11.6 Å². The summed E-state index contributed by atoms with van der Waals surface area (Å²) < 4.78 is 0. The largest absolute Gasteiger partial charge is 0.367 e. The summed E-state index contributed by atoms with van der Waals surface area (Å²) in [7, 11) is 0. The zero-order valence-corrected chi connectivity index (χ0v) is 11.3. The molecule has 1 aromatic heterocycles. The summed E-state index contributed by atoms with van der Waals surface area (Å²) in [5.41, 5.74) is 1.07. The van der Waals surface area contributed by atoms with Gasteiger partial charge in [-0.3, -0.25) is 0 Å². The van der Waals surface area contributed by atoms with Crippen LogP contribution in [-0.2, 0) is 6.42 Å². The third kappa shape index (κ3) is 3.09. The van der Waals surface area contributed by atoms with E-state index in [0.29, 0.717) is 11.2 Å². The highest BCUT2D eigenvalue weighted by atomic mass is 35.5. The SMILES string of the molecule is CCCc1c(Cl)ncnc1NC1CCC(C)C1. The first kappa shape index (κ1) is 12.6. The summed E-state index contributed by atoms with van der Waals surface area (Å²) in [5, 5.41) is 4.12. The zero-order valence-electron chi connectivity index (χ0n) is 10.5. The number of nitrogens with one attached hydrogen (secondary N) is 1. The average molecular weight is 254 g/mol. The second kappa shape index (κ2) is 5.67. The van der Waals surface area contributed by atoms with Gasteiger partial charge >= 0.3 is 0 Å². The second-order valence-corrected chi connectivity index (χ2v) is 5.36. The third-order valence-corrected chi connectivity index (χ3v) is 3.75. The van der Waals surface area contributed by atoms with Crippen molar-refractivity contribution in [1.29, 1.82) is 0 Å². The molecule has 0 bridgehead atoms. The van der Waals surface area contributed by atoms with Crippen molar-refractivity contribution in [2.75, 3.05) is 5.32 Å². The van der Waals surface area contributed by atoms with E-state index in [9.17, 15) is 0 Å². The monoisotopic (exact) mass is 253 g/mol. The van der Waals surface area contributed by atoms with Crippen LogP contribution in [0.4, 0.5) is 5.82 Å². The molecule has 0 saturated heterocycles. The summed E-state index contributed by atoms with van der Waals surface area (Å²) in [6, 6.07) is 0.548. The minimum absolute atomic E-state index is 0.548. The van der Waals surface area contributed by atoms with Crippen LogP contribution in [0.25, 0.3) is 0 Å². The van der Waals surface area contributed by atoms with Crippen LogP contribution in [0.2, 0.25) is 5.15 Å². The minimum atomic E-state index is 0.548. The molecule has 1 fully saturated rings. The smallest absolute Gasteiger partial charge is 0.137 e. The van der Waals surface area contributed by atoms with Gasteiger partial charge in [-0.15, -0.1) is 0 Å². The van der Waals surface area contributed by atoms with Gasteiger partial charge < -0.3 is 5.32 Å². The van der Waals surface area contributed by atoms with Crippen LogP contribution in [0.5, 0.6) is 0 Å². The predicted molar refractivity (Wildman–Crippen MR) is 71.5 cm³/mol. The zero-order chi connectivity index (χ0) is 12.3. The molecule has 2 atom stereocenters. The Morgan fingerprint density at radius 3 is 2.88 bits per heavy atom. The van der Waals surface area contributed by atoms with Gasteiger partial charge in [0.1, 0.15) is 17.3 Å². The topological polar surface area (TPSA) is 37.8 Å². The van der Waals surface area contributed by atoms with Crippen molar-refractivity contribution in [1.82, 2.24) is 9.97 Å². The summed E-state index contributed by atoms with van der Waals surface area (Å²) in [4.78, 5) is 8.40. The summed E-state index contributed by atoms with van der Waals surface area (Å²) in [5.74, 6) is 1.75. The van der Waals surface area contributed by atoms with Crippen molar-refractivity contribution >= 4 is 17.4 Å². The lowest BCUT2D eigenvalue weighted by atomic mass is 10.1. The highest BCUT2D eigenvalue weighted by Crippen LogP contribution is 2.29. The molecular formula is C13H20ClN3. The predicted octanol–water partition coefficient (Wildman–Crippen LogP) is 3.68. The Hall–Kier alpha value is -0.830. The molecule has 0 spiro atoms. The number of hydrogen-bond acceptors (Lipinski definition) is 3. The van der Waals surface area contributed by atoms with Crippen molar-refractivity contribution in [3.05, 3.63) is 17.0 Å². The first-order valence-electron chi connectivity index (χ1n) is 6.46. The van der Waals surface area contributed by atoms with Gasteiger partial charge in [-0.1, -0.05) is 31.9 Å². The van der Waals surface area contributed by atoms with Crippen LogP contribution in [0.1, 0.15) is 45.1 Å². The molecule has 3 nitrogen and oxygen atoms in total. The summed E-state index contributed by atoms with van der Waals surface area (Å²) in [6.07, 6.45) is 7.30. The van der Waals surface area contributed by atoms with E-state index in [2.05, 4.69) is 29.1 Å². The first-order valence-corrected chi connectivity index (χ1v) is 6.84. The molecule has 94 valence electrons. The van der Waals surface area contributed by atoms with Gasteiger partial charge in [0.05, 0.1) is 0 Å². The maximum atomic E-state index is 6.13. The van der Waals surface area contributed by atoms with E-state index in [1.54, 1.807) is 6.33 Å². The highest BCUT2D eigenvalue weighted by molar-refractivity contribution is 6.30. The van der Waals surface area contributed by atoms with Gasteiger partial charge in [-0.2, -0.15) is 0 Å². The molecule has 17 heavy (non-hydrogen) atoms. The van der Waals surface area contributed by atoms with E-state index in [4.69, 9.17) is 11.6 Å². The second-order valence-electron chi connectivity index (χ2n) is 5.00. The van der Waals surface area contributed by atoms with Crippen molar-refractivity contribution in [3.63, 3.8) is 0 Å². The maximum absolute atomic E-state index is 6.13. The van der Waals surface area contributed by atoms with Gasteiger partial charge in [0.25, 0.3) is 0 Å². The average Bonchev–Trinajstić information content (AvgIpc) is 2.69. The molecule has 1 aliphatic rings.